The quantitative estimate of drug-likeness (QED) is 0.458. The lowest BCUT2D eigenvalue weighted by Gasteiger charge is -2.31. The van der Waals surface area contributed by atoms with Gasteiger partial charge >= 0.3 is 0 Å². The Labute approximate surface area is 167 Å². The average Bonchev–Trinajstić information content (AvgIpc) is 2.74. The number of nitrogens with zero attached hydrogens (tertiary/aromatic N) is 1. The first-order valence-corrected chi connectivity index (χ1v) is 11.8. The molecule has 2 aliphatic carbocycles. The molecule has 0 amide bonds. The van der Waals surface area contributed by atoms with Gasteiger partial charge in [-0.05, 0) is 67.1 Å². The lowest BCUT2D eigenvalue weighted by molar-refractivity contribution is 0.235. The summed E-state index contributed by atoms with van der Waals surface area (Å²) in [6.07, 6.45) is 20.3. The molecule has 1 nitrogen and oxygen atoms in total. The van der Waals surface area contributed by atoms with Crippen molar-refractivity contribution in [2.75, 3.05) is 0 Å². The molecule has 0 aliphatic heterocycles. The maximum absolute atomic E-state index is 8.95. The summed E-state index contributed by atoms with van der Waals surface area (Å²) in [7, 11) is 0. The zero-order valence-electron chi connectivity index (χ0n) is 17.5. The molecule has 2 saturated carbocycles. The molecule has 1 aromatic carbocycles. The SMILES string of the molecule is CCCCC1CCC(CCCC2CCC(c3ccc(C#N)cc3)CC2)CC1. The van der Waals surface area contributed by atoms with E-state index >= 15 is 0 Å². The van der Waals surface area contributed by atoms with Crippen LogP contribution < -0.4 is 0 Å². The summed E-state index contributed by atoms with van der Waals surface area (Å²) in [5.74, 6) is 3.80. The van der Waals surface area contributed by atoms with E-state index in [1.165, 1.54) is 95.5 Å². The Morgan fingerprint density at radius 2 is 1.22 bits per heavy atom. The van der Waals surface area contributed by atoms with Gasteiger partial charge in [0.2, 0.25) is 0 Å². The Kier molecular flexibility index (Phi) is 8.25. The molecule has 27 heavy (non-hydrogen) atoms. The third-order valence-corrected chi connectivity index (χ3v) is 7.51. The predicted molar refractivity (Wildman–Crippen MR) is 115 cm³/mol. The van der Waals surface area contributed by atoms with Gasteiger partial charge in [0.1, 0.15) is 0 Å². The first kappa shape index (κ1) is 20.4. The van der Waals surface area contributed by atoms with Gasteiger partial charge < -0.3 is 0 Å². The van der Waals surface area contributed by atoms with Crippen LogP contribution in [0.4, 0.5) is 0 Å². The Bertz CT molecular complexity index is 565. The van der Waals surface area contributed by atoms with Crippen LogP contribution >= 0.6 is 0 Å². The van der Waals surface area contributed by atoms with Crippen LogP contribution in [-0.2, 0) is 0 Å². The van der Waals surface area contributed by atoms with Gasteiger partial charge in [0.05, 0.1) is 11.6 Å². The van der Waals surface area contributed by atoms with E-state index in [9.17, 15) is 0 Å². The van der Waals surface area contributed by atoms with Crippen molar-refractivity contribution >= 4 is 0 Å². The smallest absolute Gasteiger partial charge is 0.0991 e. The van der Waals surface area contributed by atoms with Gasteiger partial charge in [-0.2, -0.15) is 5.26 Å². The Morgan fingerprint density at radius 1 is 0.741 bits per heavy atom. The first-order chi connectivity index (χ1) is 13.3. The summed E-state index contributed by atoms with van der Waals surface area (Å²) in [5.41, 5.74) is 2.24. The third kappa shape index (κ3) is 6.38. The maximum atomic E-state index is 8.95. The Morgan fingerprint density at radius 3 is 1.70 bits per heavy atom. The van der Waals surface area contributed by atoms with Crippen molar-refractivity contribution in [2.24, 2.45) is 17.8 Å². The summed E-state index contributed by atoms with van der Waals surface area (Å²) in [6.45, 7) is 2.32. The molecular formula is C26H39N. The normalized spacial score (nSPS) is 28.6. The molecule has 0 radical (unpaired) electrons. The summed E-state index contributed by atoms with van der Waals surface area (Å²) in [5, 5.41) is 8.95. The number of nitriles is 1. The molecule has 148 valence electrons. The Balaban J connectivity index is 1.29. The predicted octanol–water partition coefficient (Wildman–Crippen LogP) is 8.00. The van der Waals surface area contributed by atoms with Crippen LogP contribution in [-0.4, -0.2) is 0 Å². The van der Waals surface area contributed by atoms with E-state index < -0.39 is 0 Å². The molecule has 0 aromatic heterocycles. The van der Waals surface area contributed by atoms with E-state index in [0.29, 0.717) is 0 Å². The molecule has 2 fully saturated rings. The monoisotopic (exact) mass is 365 g/mol. The van der Waals surface area contributed by atoms with E-state index in [0.717, 1.165) is 29.2 Å². The third-order valence-electron chi connectivity index (χ3n) is 7.51. The minimum Gasteiger partial charge on any atom is -0.192 e. The zero-order chi connectivity index (χ0) is 18.9. The van der Waals surface area contributed by atoms with E-state index in [1.54, 1.807) is 0 Å². The topological polar surface area (TPSA) is 23.8 Å². The van der Waals surface area contributed by atoms with Gasteiger partial charge in [0.15, 0.2) is 0 Å². The minimum absolute atomic E-state index is 0.729. The van der Waals surface area contributed by atoms with Gasteiger partial charge in [-0.1, -0.05) is 83.3 Å². The molecule has 0 bridgehead atoms. The molecule has 0 N–H and O–H groups in total. The number of rotatable bonds is 8. The molecule has 0 saturated heterocycles. The lowest BCUT2D eigenvalue weighted by atomic mass is 9.75. The van der Waals surface area contributed by atoms with Crippen LogP contribution in [0.5, 0.6) is 0 Å². The van der Waals surface area contributed by atoms with Crippen LogP contribution in [0, 0.1) is 29.1 Å². The maximum Gasteiger partial charge on any atom is 0.0991 e. The molecule has 0 atom stereocenters. The van der Waals surface area contributed by atoms with Crippen LogP contribution in [0.3, 0.4) is 0 Å². The van der Waals surface area contributed by atoms with Crippen molar-refractivity contribution in [2.45, 2.75) is 103 Å². The molecular weight excluding hydrogens is 326 g/mol. The van der Waals surface area contributed by atoms with Crippen LogP contribution in [0.15, 0.2) is 24.3 Å². The number of hydrogen-bond donors (Lipinski definition) is 0. The van der Waals surface area contributed by atoms with Crippen molar-refractivity contribution in [3.63, 3.8) is 0 Å². The van der Waals surface area contributed by atoms with Gasteiger partial charge in [-0.25, -0.2) is 0 Å². The fraction of sp³-hybridized carbons (Fsp3) is 0.731. The highest BCUT2D eigenvalue weighted by Crippen LogP contribution is 2.39. The number of benzene rings is 1. The highest BCUT2D eigenvalue weighted by molar-refractivity contribution is 5.33. The van der Waals surface area contributed by atoms with E-state index in [-0.39, 0.29) is 0 Å². The van der Waals surface area contributed by atoms with E-state index in [2.05, 4.69) is 25.1 Å². The second-order valence-electron chi connectivity index (χ2n) is 9.41. The standard InChI is InChI=1S/C26H39N/c1-2-3-5-21-8-10-22(11-9-21)6-4-7-23-12-16-25(17-13-23)26-18-14-24(20-27)15-19-26/h14-15,18-19,21-23,25H,2-13,16-17H2,1H3. The fourth-order valence-electron chi connectivity index (χ4n) is 5.61. The summed E-state index contributed by atoms with van der Waals surface area (Å²) in [6, 6.07) is 10.6. The van der Waals surface area contributed by atoms with Crippen LogP contribution in [0.1, 0.15) is 114 Å². The second-order valence-corrected chi connectivity index (χ2v) is 9.41. The largest absolute Gasteiger partial charge is 0.192 e. The van der Waals surface area contributed by atoms with Crippen molar-refractivity contribution in [1.29, 1.82) is 5.26 Å². The highest BCUT2D eigenvalue weighted by atomic mass is 14.3. The zero-order valence-corrected chi connectivity index (χ0v) is 17.5. The summed E-state index contributed by atoms with van der Waals surface area (Å²) < 4.78 is 0. The van der Waals surface area contributed by atoms with Crippen molar-refractivity contribution in [1.82, 2.24) is 0 Å². The molecule has 2 aliphatic rings. The van der Waals surface area contributed by atoms with E-state index in [1.807, 2.05) is 12.1 Å². The first-order valence-electron chi connectivity index (χ1n) is 11.8. The summed E-state index contributed by atoms with van der Waals surface area (Å²) >= 11 is 0. The van der Waals surface area contributed by atoms with Gasteiger partial charge in [0, 0.05) is 0 Å². The van der Waals surface area contributed by atoms with Gasteiger partial charge in [-0.15, -0.1) is 0 Å². The average molecular weight is 366 g/mol. The summed E-state index contributed by atoms with van der Waals surface area (Å²) in [4.78, 5) is 0. The molecule has 1 aromatic rings. The highest BCUT2D eigenvalue weighted by Gasteiger charge is 2.24. The Hall–Kier alpha value is -1.29. The number of unbranched alkanes of at least 4 members (excludes halogenated alkanes) is 1. The fourth-order valence-corrected chi connectivity index (χ4v) is 5.61. The van der Waals surface area contributed by atoms with Gasteiger partial charge in [-0.3, -0.25) is 0 Å². The molecule has 0 heterocycles. The van der Waals surface area contributed by atoms with Crippen molar-refractivity contribution < 1.29 is 0 Å². The van der Waals surface area contributed by atoms with Crippen LogP contribution in [0.2, 0.25) is 0 Å². The lowest BCUT2D eigenvalue weighted by Crippen LogP contribution is -2.16. The minimum atomic E-state index is 0.729. The molecule has 3 rings (SSSR count). The number of hydrogen-bond acceptors (Lipinski definition) is 1. The molecule has 1 heteroatoms. The van der Waals surface area contributed by atoms with Crippen LogP contribution in [0.25, 0.3) is 0 Å². The van der Waals surface area contributed by atoms with Gasteiger partial charge in [0.25, 0.3) is 0 Å². The van der Waals surface area contributed by atoms with Crippen molar-refractivity contribution in [3.05, 3.63) is 35.4 Å². The van der Waals surface area contributed by atoms with E-state index in [4.69, 9.17) is 5.26 Å². The van der Waals surface area contributed by atoms with Crippen molar-refractivity contribution in [3.8, 4) is 6.07 Å². The molecule has 0 unspecified atom stereocenters. The second kappa shape index (κ2) is 10.9. The molecule has 0 spiro atoms.